The Hall–Kier alpha value is -1.79. The number of hydrogen-bond acceptors (Lipinski definition) is 4. The van der Waals surface area contributed by atoms with Gasteiger partial charge in [0.05, 0.1) is 12.1 Å². The van der Waals surface area contributed by atoms with Gasteiger partial charge >= 0.3 is 11.8 Å². The van der Waals surface area contributed by atoms with Gasteiger partial charge in [-0.3, -0.25) is 9.59 Å². The molecule has 1 fully saturated rings. The van der Waals surface area contributed by atoms with Crippen LogP contribution in [0.2, 0.25) is 5.02 Å². The van der Waals surface area contributed by atoms with Gasteiger partial charge in [0.25, 0.3) is 0 Å². The van der Waals surface area contributed by atoms with Gasteiger partial charge in [-0.15, -0.1) is 0 Å². The molecule has 1 aromatic carbocycles. The van der Waals surface area contributed by atoms with E-state index in [-0.39, 0.29) is 0 Å². The van der Waals surface area contributed by atoms with Crippen LogP contribution in [0.5, 0.6) is 5.75 Å². The number of nitrogens with zero attached hydrogens (tertiary/aromatic N) is 2. The predicted molar refractivity (Wildman–Crippen MR) is 85.3 cm³/mol. The molecule has 1 aliphatic heterocycles. The summed E-state index contributed by atoms with van der Waals surface area (Å²) >= 11 is 6.00. The summed E-state index contributed by atoms with van der Waals surface area (Å²) in [5, 5.41) is 2.95. The van der Waals surface area contributed by atoms with Crippen molar-refractivity contribution in [1.29, 1.82) is 0 Å². The lowest BCUT2D eigenvalue weighted by atomic mass is 10.2. The fourth-order valence-electron chi connectivity index (χ4n) is 2.34. The molecule has 0 unspecified atom stereocenters. The minimum Gasteiger partial charge on any atom is -0.495 e. The molecule has 1 aliphatic rings. The molecule has 1 heterocycles. The van der Waals surface area contributed by atoms with Crippen LogP contribution in [0.15, 0.2) is 18.2 Å². The number of methoxy groups -OCH3 is 1. The van der Waals surface area contributed by atoms with E-state index in [0.29, 0.717) is 29.5 Å². The summed E-state index contributed by atoms with van der Waals surface area (Å²) in [6, 6.07) is 4.84. The highest BCUT2D eigenvalue weighted by molar-refractivity contribution is 6.39. The molecular formula is C15H20ClN3O3. The van der Waals surface area contributed by atoms with Gasteiger partial charge in [0.15, 0.2) is 0 Å². The molecule has 0 bridgehead atoms. The smallest absolute Gasteiger partial charge is 0.313 e. The zero-order valence-electron chi connectivity index (χ0n) is 12.8. The normalized spacial score (nSPS) is 15.5. The molecule has 120 valence electrons. The lowest BCUT2D eigenvalue weighted by Gasteiger charge is -2.33. The van der Waals surface area contributed by atoms with Gasteiger partial charge in [-0.05, 0) is 24.7 Å². The van der Waals surface area contributed by atoms with Crippen LogP contribution in [0.4, 0.5) is 5.69 Å². The van der Waals surface area contributed by atoms with E-state index in [1.165, 1.54) is 7.11 Å². The SMILES string of the molecule is CCN1CCN(C(=O)C(=O)Nc2ccc(OC)c(Cl)c2)CC1. The molecule has 0 aromatic heterocycles. The quantitative estimate of drug-likeness (QED) is 0.855. The van der Waals surface area contributed by atoms with Crippen molar-refractivity contribution in [3.8, 4) is 5.75 Å². The van der Waals surface area contributed by atoms with E-state index in [1.807, 2.05) is 0 Å². The van der Waals surface area contributed by atoms with E-state index >= 15 is 0 Å². The monoisotopic (exact) mass is 325 g/mol. The molecule has 7 heteroatoms. The van der Waals surface area contributed by atoms with Crippen LogP contribution in [-0.4, -0.2) is 61.4 Å². The second-order valence-corrected chi connectivity index (χ2v) is 5.44. The third kappa shape index (κ3) is 3.90. The number of halogens is 1. The van der Waals surface area contributed by atoms with E-state index in [9.17, 15) is 9.59 Å². The Balaban J connectivity index is 1.94. The second kappa shape index (κ2) is 7.47. The zero-order chi connectivity index (χ0) is 16.1. The first-order valence-electron chi connectivity index (χ1n) is 7.21. The van der Waals surface area contributed by atoms with Crippen LogP contribution in [0.25, 0.3) is 0 Å². The number of ether oxygens (including phenoxy) is 1. The number of rotatable bonds is 3. The van der Waals surface area contributed by atoms with Crippen molar-refractivity contribution < 1.29 is 14.3 Å². The van der Waals surface area contributed by atoms with Crippen molar-refractivity contribution in [3.05, 3.63) is 23.2 Å². The molecule has 22 heavy (non-hydrogen) atoms. The Morgan fingerprint density at radius 3 is 2.50 bits per heavy atom. The van der Waals surface area contributed by atoms with Crippen molar-refractivity contribution in [2.45, 2.75) is 6.92 Å². The minimum atomic E-state index is -0.647. The van der Waals surface area contributed by atoms with Gasteiger partial charge in [0.1, 0.15) is 5.75 Å². The Labute approximate surface area is 135 Å². The van der Waals surface area contributed by atoms with Crippen LogP contribution >= 0.6 is 11.6 Å². The van der Waals surface area contributed by atoms with Crippen LogP contribution < -0.4 is 10.1 Å². The minimum absolute atomic E-state index is 0.379. The van der Waals surface area contributed by atoms with E-state index in [0.717, 1.165) is 19.6 Å². The molecule has 0 aliphatic carbocycles. The Bertz CT molecular complexity index is 557. The van der Waals surface area contributed by atoms with Crippen molar-refractivity contribution >= 4 is 29.1 Å². The van der Waals surface area contributed by atoms with Crippen molar-refractivity contribution in [2.24, 2.45) is 0 Å². The largest absolute Gasteiger partial charge is 0.495 e. The number of nitrogens with one attached hydrogen (secondary N) is 1. The molecule has 0 spiro atoms. The fourth-order valence-corrected chi connectivity index (χ4v) is 2.60. The van der Waals surface area contributed by atoms with E-state index in [4.69, 9.17) is 16.3 Å². The highest BCUT2D eigenvalue weighted by atomic mass is 35.5. The van der Waals surface area contributed by atoms with E-state index < -0.39 is 11.8 Å². The molecule has 2 rings (SSSR count). The molecule has 0 atom stereocenters. The first-order chi connectivity index (χ1) is 10.5. The van der Waals surface area contributed by atoms with Crippen LogP contribution in [0.1, 0.15) is 6.92 Å². The number of carbonyl (C=O) groups excluding carboxylic acids is 2. The van der Waals surface area contributed by atoms with Gasteiger partial charge in [-0.1, -0.05) is 18.5 Å². The summed E-state index contributed by atoms with van der Waals surface area (Å²) in [6.07, 6.45) is 0. The number of benzene rings is 1. The Morgan fingerprint density at radius 2 is 1.95 bits per heavy atom. The average molecular weight is 326 g/mol. The number of likely N-dealkylation sites (N-methyl/N-ethyl adjacent to an activating group) is 1. The predicted octanol–water partition coefficient (Wildman–Crippen LogP) is 1.45. The number of hydrogen-bond donors (Lipinski definition) is 1. The highest BCUT2D eigenvalue weighted by Crippen LogP contribution is 2.27. The lowest BCUT2D eigenvalue weighted by molar-refractivity contribution is -0.144. The summed E-state index contributed by atoms with van der Waals surface area (Å²) in [5.74, 6) is -0.643. The molecule has 2 amide bonds. The second-order valence-electron chi connectivity index (χ2n) is 5.03. The maximum atomic E-state index is 12.1. The summed E-state index contributed by atoms with van der Waals surface area (Å²) in [4.78, 5) is 28.0. The number of amides is 2. The molecule has 1 saturated heterocycles. The van der Waals surface area contributed by atoms with E-state index in [2.05, 4.69) is 17.1 Å². The molecule has 0 radical (unpaired) electrons. The lowest BCUT2D eigenvalue weighted by Crippen LogP contribution is -2.51. The number of carbonyl (C=O) groups is 2. The summed E-state index contributed by atoms with van der Waals surface area (Å²) in [5.41, 5.74) is 0.469. The van der Waals surface area contributed by atoms with E-state index in [1.54, 1.807) is 23.1 Å². The molecule has 6 nitrogen and oxygen atoms in total. The van der Waals surface area contributed by atoms with Crippen LogP contribution in [0, 0.1) is 0 Å². The van der Waals surface area contributed by atoms with Crippen molar-refractivity contribution in [3.63, 3.8) is 0 Å². The van der Waals surface area contributed by atoms with Crippen molar-refractivity contribution in [2.75, 3.05) is 45.2 Å². The summed E-state index contributed by atoms with van der Waals surface area (Å²) < 4.78 is 5.04. The Morgan fingerprint density at radius 1 is 1.27 bits per heavy atom. The third-order valence-corrected chi connectivity index (χ3v) is 4.01. The molecule has 0 saturated carbocycles. The highest BCUT2D eigenvalue weighted by Gasteiger charge is 2.25. The average Bonchev–Trinajstić information content (AvgIpc) is 2.54. The van der Waals surface area contributed by atoms with Gasteiger partial charge < -0.3 is 19.9 Å². The maximum absolute atomic E-state index is 12.1. The summed E-state index contributed by atoms with van der Waals surface area (Å²) in [7, 11) is 1.51. The van der Waals surface area contributed by atoms with Gasteiger partial charge in [-0.25, -0.2) is 0 Å². The number of anilines is 1. The van der Waals surface area contributed by atoms with Gasteiger partial charge in [0.2, 0.25) is 0 Å². The molecule has 1 N–H and O–H groups in total. The molecule has 1 aromatic rings. The van der Waals surface area contributed by atoms with Crippen LogP contribution in [0.3, 0.4) is 0 Å². The molecular weight excluding hydrogens is 306 g/mol. The first-order valence-corrected chi connectivity index (χ1v) is 7.59. The van der Waals surface area contributed by atoms with Gasteiger partial charge in [0, 0.05) is 31.9 Å². The van der Waals surface area contributed by atoms with Gasteiger partial charge in [-0.2, -0.15) is 0 Å². The maximum Gasteiger partial charge on any atom is 0.313 e. The topological polar surface area (TPSA) is 61.9 Å². The van der Waals surface area contributed by atoms with Crippen LogP contribution in [-0.2, 0) is 9.59 Å². The summed E-state index contributed by atoms with van der Waals surface area (Å²) in [6.45, 7) is 5.77. The first kappa shape index (κ1) is 16.6. The third-order valence-electron chi connectivity index (χ3n) is 3.71. The zero-order valence-corrected chi connectivity index (χ0v) is 13.5. The van der Waals surface area contributed by atoms with Crippen molar-refractivity contribution in [1.82, 2.24) is 9.80 Å². The standard InChI is InChI=1S/C15H20ClN3O3/c1-3-18-6-8-19(9-7-18)15(21)14(20)17-11-4-5-13(22-2)12(16)10-11/h4-5,10H,3,6-9H2,1-2H3,(H,17,20). The Kier molecular flexibility index (Phi) is 5.63. The fraction of sp³-hybridized carbons (Fsp3) is 0.467. The number of piperazine rings is 1.